The summed E-state index contributed by atoms with van der Waals surface area (Å²) in [6.07, 6.45) is 6.70. The predicted octanol–water partition coefficient (Wildman–Crippen LogP) is 0.280. The van der Waals surface area contributed by atoms with Crippen LogP contribution in [0.2, 0.25) is 0 Å². The third-order valence-electron chi connectivity index (χ3n) is 4.03. The highest BCUT2D eigenvalue weighted by Crippen LogP contribution is 2.21. The molecule has 0 bridgehead atoms. The highest BCUT2D eigenvalue weighted by molar-refractivity contribution is 5.62. The summed E-state index contributed by atoms with van der Waals surface area (Å²) in [6, 6.07) is 0.468. The molecule has 2 aromatic heterocycles. The van der Waals surface area contributed by atoms with Gasteiger partial charge in [0, 0.05) is 45.7 Å². The van der Waals surface area contributed by atoms with Crippen molar-refractivity contribution in [1.29, 1.82) is 0 Å². The highest BCUT2D eigenvalue weighted by atomic mass is 16.5. The van der Waals surface area contributed by atoms with Gasteiger partial charge in [-0.3, -0.25) is 9.30 Å². The molecular formula is C13H20N6O. The molecule has 108 valence electrons. The van der Waals surface area contributed by atoms with Crippen LogP contribution in [0.1, 0.15) is 6.42 Å². The molecule has 0 unspecified atom stereocenters. The summed E-state index contributed by atoms with van der Waals surface area (Å²) in [5.41, 5.74) is 0.791. The van der Waals surface area contributed by atoms with E-state index in [1.807, 2.05) is 17.6 Å². The van der Waals surface area contributed by atoms with Crippen molar-refractivity contribution in [3.8, 4) is 0 Å². The molecule has 1 aliphatic heterocycles. The number of ether oxygens (including phenoxy) is 1. The summed E-state index contributed by atoms with van der Waals surface area (Å²) in [4.78, 5) is 8.92. The van der Waals surface area contributed by atoms with Gasteiger partial charge in [0.2, 0.25) is 5.65 Å². The molecule has 3 rings (SSSR count). The molecule has 2 atom stereocenters. The maximum atomic E-state index is 5.45. The number of rotatable bonds is 4. The average Bonchev–Trinajstić information content (AvgIpc) is 3.05. The highest BCUT2D eigenvalue weighted by Gasteiger charge is 2.30. The number of aromatic nitrogens is 4. The van der Waals surface area contributed by atoms with Gasteiger partial charge < -0.3 is 9.64 Å². The van der Waals surface area contributed by atoms with Crippen LogP contribution in [0.25, 0.3) is 5.65 Å². The van der Waals surface area contributed by atoms with Crippen LogP contribution in [0.4, 0.5) is 5.82 Å². The van der Waals surface area contributed by atoms with E-state index in [1.165, 1.54) is 0 Å². The third kappa shape index (κ3) is 2.34. The predicted molar refractivity (Wildman–Crippen MR) is 75.9 cm³/mol. The molecule has 1 saturated heterocycles. The summed E-state index contributed by atoms with van der Waals surface area (Å²) in [5.74, 6) is 0.860. The van der Waals surface area contributed by atoms with Crippen molar-refractivity contribution in [2.75, 3.05) is 39.2 Å². The van der Waals surface area contributed by atoms with Crippen LogP contribution in [-0.4, -0.2) is 70.9 Å². The standard InChI is InChI=1S/C13H20N6O/c1-17-8-11(20-3)6-10(17)7-18(2)12-13-16-15-9-19(13)5-4-14-12/h4-5,9-11H,6-8H2,1-3H3/t10-,11-/m0/s1. The topological polar surface area (TPSA) is 58.8 Å². The Morgan fingerprint density at radius 3 is 3.10 bits per heavy atom. The monoisotopic (exact) mass is 276 g/mol. The smallest absolute Gasteiger partial charge is 0.203 e. The summed E-state index contributed by atoms with van der Waals surface area (Å²) in [7, 11) is 5.97. The second kappa shape index (κ2) is 5.34. The summed E-state index contributed by atoms with van der Waals surface area (Å²) in [6.45, 7) is 1.88. The third-order valence-corrected chi connectivity index (χ3v) is 4.03. The molecule has 20 heavy (non-hydrogen) atoms. The molecule has 2 aromatic rings. The fourth-order valence-electron chi connectivity index (χ4n) is 2.83. The first kappa shape index (κ1) is 13.3. The van der Waals surface area contributed by atoms with Crippen LogP contribution < -0.4 is 4.90 Å². The van der Waals surface area contributed by atoms with Gasteiger partial charge in [0.25, 0.3) is 0 Å². The van der Waals surface area contributed by atoms with Crippen molar-refractivity contribution >= 4 is 11.5 Å². The van der Waals surface area contributed by atoms with Gasteiger partial charge in [-0.05, 0) is 13.5 Å². The van der Waals surface area contributed by atoms with Gasteiger partial charge in [0.15, 0.2) is 5.82 Å². The molecule has 0 radical (unpaired) electrons. The Morgan fingerprint density at radius 1 is 1.50 bits per heavy atom. The number of likely N-dealkylation sites (tertiary alicyclic amines) is 1. The molecule has 0 spiro atoms. The van der Waals surface area contributed by atoms with Crippen LogP contribution in [0, 0.1) is 0 Å². The molecule has 7 heteroatoms. The fraction of sp³-hybridized carbons (Fsp3) is 0.615. The zero-order valence-electron chi connectivity index (χ0n) is 12.1. The first-order valence-corrected chi connectivity index (χ1v) is 6.77. The summed E-state index contributed by atoms with van der Waals surface area (Å²) < 4.78 is 7.34. The van der Waals surface area contributed by atoms with Crippen molar-refractivity contribution in [3.63, 3.8) is 0 Å². The number of methoxy groups -OCH3 is 1. The molecule has 0 saturated carbocycles. The van der Waals surface area contributed by atoms with Gasteiger partial charge in [-0.25, -0.2) is 4.98 Å². The van der Waals surface area contributed by atoms with E-state index in [1.54, 1.807) is 19.6 Å². The number of fused-ring (bicyclic) bond motifs is 1. The minimum atomic E-state index is 0.329. The second-order valence-corrected chi connectivity index (χ2v) is 5.38. The van der Waals surface area contributed by atoms with Crippen molar-refractivity contribution in [3.05, 3.63) is 18.7 Å². The maximum Gasteiger partial charge on any atom is 0.203 e. The zero-order chi connectivity index (χ0) is 14.1. The first-order valence-electron chi connectivity index (χ1n) is 6.77. The Labute approximate surface area is 118 Å². The van der Waals surface area contributed by atoms with Gasteiger partial charge in [-0.2, -0.15) is 0 Å². The first-order chi connectivity index (χ1) is 9.69. The van der Waals surface area contributed by atoms with Crippen LogP contribution in [0.15, 0.2) is 18.7 Å². The van der Waals surface area contributed by atoms with Crippen molar-refractivity contribution < 1.29 is 4.74 Å². The molecule has 1 aliphatic rings. The van der Waals surface area contributed by atoms with Gasteiger partial charge in [0.1, 0.15) is 6.33 Å². The molecule has 0 aliphatic carbocycles. The lowest BCUT2D eigenvalue weighted by Crippen LogP contribution is -2.37. The van der Waals surface area contributed by atoms with Gasteiger partial charge in [-0.15, -0.1) is 10.2 Å². The molecule has 7 nitrogen and oxygen atoms in total. The Morgan fingerprint density at radius 2 is 2.35 bits per heavy atom. The van der Waals surface area contributed by atoms with Gasteiger partial charge >= 0.3 is 0 Å². The molecule has 1 fully saturated rings. The normalized spacial score (nSPS) is 23.6. The number of anilines is 1. The Kier molecular flexibility index (Phi) is 3.54. The number of hydrogen-bond donors (Lipinski definition) is 0. The Bertz CT molecular complexity index is 585. The van der Waals surface area contributed by atoms with E-state index in [0.717, 1.165) is 31.0 Å². The molecule has 0 amide bonds. The van der Waals surface area contributed by atoms with E-state index < -0.39 is 0 Å². The van der Waals surface area contributed by atoms with Crippen molar-refractivity contribution in [1.82, 2.24) is 24.5 Å². The van der Waals surface area contributed by atoms with Crippen LogP contribution >= 0.6 is 0 Å². The lowest BCUT2D eigenvalue weighted by Gasteiger charge is -2.26. The molecule has 0 aromatic carbocycles. The van der Waals surface area contributed by atoms with Gasteiger partial charge in [0.05, 0.1) is 6.10 Å². The summed E-state index contributed by atoms with van der Waals surface area (Å²) >= 11 is 0. The molecule has 3 heterocycles. The lowest BCUT2D eigenvalue weighted by atomic mass is 10.2. The number of nitrogens with zero attached hydrogens (tertiary/aromatic N) is 6. The maximum absolute atomic E-state index is 5.45. The largest absolute Gasteiger partial charge is 0.380 e. The van der Waals surface area contributed by atoms with E-state index in [0.29, 0.717) is 12.1 Å². The molecule has 0 N–H and O–H groups in total. The van der Waals surface area contributed by atoms with Crippen molar-refractivity contribution in [2.24, 2.45) is 0 Å². The van der Waals surface area contributed by atoms with Crippen LogP contribution in [0.5, 0.6) is 0 Å². The van der Waals surface area contributed by atoms with Crippen molar-refractivity contribution in [2.45, 2.75) is 18.6 Å². The van der Waals surface area contributed by atoms with E-state index in [2.05, 4.69) is 32.0 Å². The van der Waals surface area contributed by atoms with Crippen LogP contribution in [0.3, 0.4) is 0 Å². The van der Waals surface area contributed by atoms with E-state index >= 15 is 0 Å². The quantitative estimate of drug-likeness (QED) is 0.799. The average molecular weight is 276 g/mol. The van der Waals surface area contributed by atoms with E-state index in [9.17, 15) is 0 Å². The van der Waals surface area contributed by atoms with E-state index in [4.69, 9.17) is 4.74 Å². The van der Waals surface area contributed by atoms with Gasteiger partial charge in [-0.1, -0.05) is 0 Å². The minimum Gasteiger partial charge on any atom is -0.380 e. The second-order valence-electron chi connectivity index (χ2n) is 5.38. The SMILES string of the molecule is CO[C@H]1C[C@@H](CN(C)c2nccn3cnnc23)N(C)C1. The van der Waals surface area contributed by atoms with Crippen LogP contribution in [-0.2, 0) is 4.74 Å². The lowest BCUT2D eigenvalue weighted by molar-refractivity contribution is 0.111. The Balaban J connectivity index is 1.76. The van der Waals surface area contributed by atoms with E-state index in [-0.39, 0.29) is 0 Å². The molecular weight excluding hydrogens is 256 g/mol. The summed E-state index contributed by atoms with van der Waals surface area (Å²) in [5, 5.41) is 8.07. The Hall–Kier alpha value is -1.73. The number of hydrogen-bond acceptors (Lipinski definition) is 6. The minimum absolute atomic E-state index is 0.329. The fourth-order valence-corrected chi connectivity index (χ4v) is 2.83. The number of likely N-dealkylation sites (N-methyl/N-ethyl adjacent to an activating group) is 2. The zero-order valence-corrected chi connectivity index (χ0v) is 12.1.